The summed E-state index contributed by atoms with van der Waals surface area (Å²) in [5.41, 5.74) is 0. The van der Waals surface area contributed by atoms with Crippen molar-refractivity contribution in [2.45, 2.75) is 55.6 Å². The maximum atomic E-state index is 2.49. The zero-order valence-corrected chi connectivity index (χ0v) is 8.29. The molecule has 0 atom stereocenters. The molecule has 108 valence electrons. The highest BCUT2D eigenvalue weighted by molar-refractivity contribution is 6.61. The molecule has 2 fully saturated rings. The molecule has 0 aromatic rings. The first kappa shape index (κ1) is 25.7. The molecule has 2 nitrogen and oxygen atoms in total. The summed E-state index contributed by atoms with van der Waals surface area (Å²) < 4.78 is 0. The van der Waals surface area contributed by atoms with Crippen LogP contribution in [0.15, 0.2) is 0 Å². The molecule has 2 aliphatic rings. The number of rotatable bonds is 0. The Morgan fingerprint density at radius 2 is 1.12 bits per heavy atom. The standard InChI is InChI=1S/C9H19BN2.5CH4/c1-11-5-3-10-4-6-12(2)8-9(10)7-11;;;;;/h9H,3-8H2,1-2H3;5*1H4. The van der Waals surface area contributed by atoms with Crippen LogP contribution in [-0.2, 0) is 0 Å². The van der Waals surface area contributed by atoms with Crippen molar-refractivity contribution >= 4 is 6.71 Å². The van der Waals surface area contributed by atoms with E-state index in [2.05, 4.69) is 23.9 Å². The lowest BCUT2D eigenvalue weighted by atomic mass is 9.34. The number of fused-ring (bicyclic) bond motifs is 1. The van der Waals surface area contributed by atoms with Gasteiger partial charge in [0.05, 0.1) is 0 Å². The van der Waals surface area contributed by atoms with Crippen LogP contribution in [0.2, 0.25) is 18.5 Å². The fraction of sp³-hybridized carbons (Fsp3) is 1.00. The molecule has 0 aliphatic carbocycles. The van der Waals surface area contributed by atoms with Gasteiger partial charge in [-0.1, -0.05) is 49.8 Å². The first-order valence-corrected chi connectivity index (χ1v) is 5.13. The van der Waals surface area contributed by atoms with Crippen molar-refractivity contribution in [1.82, 2.24) is 9.80 Å². The van der Waals surface area contributed by atoms with E-state index in [0.29, 0.717) is 0 Å². The van der Waals surface area contributed by atoms with E-state index in [-0.39, 0.29) is 37.1 Å². The summed E-state index contributed by atoms with van der Waals surface area (Å²) in [4.78, 5) is 4.97. The zero-order valence-electron chi connectivity index (χ0n) is 8.29. The summed E-state index contributed by atoms with van der Waals surface area (Å²) >= 11 is 0. The van der Waals surface area contributed by atoms with Crippen molar-refractivity contribution in [3.63, 3.8) is 0 Å². The number of hydrogen-bond acceptors (Lipinski definition) is 2. The van der Waals surface area contributed by atoms with Gasteiger partial charge in [0, 0.05) is 0 Å². The molecule has 0 amide bonds. The second-order valence-electron chi connectivity index (χ2n) is 4.62. The summed E-state index contributed by atoms with van der Waals surface area (Å²) in [6, 6.07) is 0. The third kappa shape index (κ3) is 6.47. The second kappa shape index (κ2) is 11.1. The molecule has 2 saturated heterocycles. The molecule has 2 rings (SSSR count). The van der Waals surface area contributed by atoms with E-state index in [1.54, 1.807) is 0 Å². The smallest absolute Gasteiger partial charge is 0.148 e. The molecule has 0 bridgehead atoms. The van der Waals surface area contributed by atoms with Crippen molar-refractivity contribution < 1.29 is 0 Å². The molecule has 17 heavy (non-hydrogen) atoms. The van der Waals surface area contributed by atoms with Gasteiger partial charge in [0.2, 0.25) is 0 Å². The maximum absolute atomic E-state index is 2.49. The van der Waals surface area contributed by atoms with E-state index in [0.717, 1.165) is 12.5 Å². The summed E-state index contributed by atoms with van der Waals surface area (Å²) in [5, 5.41) is 0. The lowest BCUT2D eigenvalue weighted by molar-refractivity contribution is 0.260. The average Bonchev–Trinajstić information content (AvgIpc) is 2.03. The summed E-state index contributed by atoms with van der Waals surface area (Å²) in [6.45, 7) is 6.34. The average molecular weight is 246 g/mol. The van der Waals surface area contributed by atoms with Gasteiger partial charge in [-0.15, -0.1) is 0 Å². The van der Waals surface area contributed by atoms with E-state index < -0.39 is 0 Å². The lowest BCUT2D eigenvalue weighted by Gasteiger charge is -2.41. The molecule has 2 heterocycles. The van der Waals surface area contributed by atoms with Crippen LogP contribution in [0.25, 0.3) is 0 Å². The van der Waals surface area contributed by atoms with Gasteiger partial charge in [0.15, 0.2) is 0 Å². The van der Waals surface area contributed by atoms with Crippen LogP contribution < -0.4 is 0 Å². The van der Waals surface area contributed by atoms with E-state index in [1.807, 2.05) is 0 Å². The van der Waals surface area contributed by atoms with Gasteiger partial charge in [-0.2, -0.15) is 0 Å². The highest BCUT2D eigenvalue weighted by atomic mass is 15.1. The Morgan fingerprint density at radius 3 is 1.47 bits per heavy atom. The van der Waals surface area contributed by atoms with E-state index in [4.69, 9.17) is 0 Å². The SMILES string of the molecule is C.C.C.C.C.CN1CCB2CCN(C)CC2C1. The minimum absolute atomic E-state index is 0. The third-order valence-corrected chi connectivity index (χ3v) is 3.52. The topological polar surface area (TPSA) is 6.48 Å². The van der Waals surface area contributed by atoms with Crippen molar-refractivity contribution in [3.8, 4) is 0 Å². The molecular weight excluding hydrogens is 207 g/mol. The van der Waals surface area contributed by atoms with Gasteiger partial charge in [0.25, 0.3) is 0 Å². The molecule has 0 spiro atoms. The van der Waals surface area contributed by atoms with Crippen LogP contribution in [0, 0.1) is 0 Å². The van der Waals surface area contributed by atoms with Crippen LogP contribution in [0.3, 0.4) is 0 Å². The third-order valence-electron chi connectivity index (χ3n) is 3.52. The lowest BCUT2D eigenvalue weighted by Crippen LogP contribution is -2.48. The van der Waals surface area contributed by atoms with Crippen LogP contribution >= 0.6 is 0 Å². The van der Waals surface area contributed by atoms with Crippen LogP contribution in [-0.4, -0.2) is 56.8 Å². The highest BCUT2D eigenvalue weighted by Gasteiger charge is 2.34. The quantitative estimate of drug-likeness (QED) is 0.598. The fourth-order valence-electron chi connectivity index (χ4n) is 2.73. The highest BCUT2D eigenvalue weighted by Crippen LogP contribution is 2.28. The largest absolute Gasteiger partial charge is 0.307 e. The van der Waals surface area contributed by atoms with E-state index in [1.165, 1.54) is 38.8 Å². The van der Waals surface area contributed by atoms with Crippen molar-refractivity contribution in [1.29, 1.82) is 0 Å². The first-order valence-electron chi connectivity index (χ1n) is 5.13. The predicted octanol–water partition coefficient (Wildman–Crippen LogP) is 3.92. The summed E-state index contributed by atoms with van der Waals surface area (Å²) in [5.74, 6) is 0.961. The van der Waals surface area contributed by atoms with Crippen LogP contribution in [0.5, 0.6) is 0 Å². The Morgan fingerprint density at radius 1 is 0.765 bits per heavy atom. The Hall–Kier alpha value is -0.0151. The molecule has 2 aliphatic heterocycles. The van der Waals surface area contributed by atoms with E-state index >= 15 is 0 Å². The van der Waals surface area contributed by atoms with Gasteiger partial charge in [-0.3, -0.25) is 0 Å². The molecule has 3 heteroatoms. The van der Waals surface area contributed by atoms with Gasteiger partial charge in [0.1, 0.15) is 6.71 Å². The number of nitrogens with zero attached hydrogens (tertiary/aromatic N) is 2. The monoisotopic (exact) mass is 246 g/mol. The Labute approximate surface area is 113 Å². The fourth-order valence-corrected chi connectivity index (χ4v) is 2.73. The Kier molecular flexibility index (Phi) is 16.8. The van der Waals surface area contributed by atoms with Gasteiger partial charge < -0.3 is 9.80 Å². The van der Waals surface area contributed by atoms with Gasteiger partial charge in [-0.05, 0) is 46.1 Å². The molecule has 0 saturated carbocycles. The van der Waals surface area contributed by atoms with Crippen molar-refractivity contribution in [3.05, 3.63) is 0 Å². The minimum Gasteiger partial charge on any atom is -0.307 e. The Balaban J connectivity index is -0.000000169. The molecule has 0 N–H and O–H groups in total. The molecule has 0 aromatic carbocycles. The summed E-state index contributed by atoms with van der Waals surface area (Å²) in [6.07, 6.45) is 2.88. The Bertz CT molecular complexity index is 148. The van der Waals surface area contributed by atoms with E-state index in [9.17, 15) is 0 Å². The van der Waals surface area contributed by atoms with Crippen LogP contribution in [0.1, 0.15) is 37.1 Å². The zero-order chi connectivity index (χ0) is 8.55. The number of hydrogen-bond donors (Lipinski definition) is 0. The van der Waals surface area contributed by atoms with Gasteiger partial charge in [-0.25, -0.2) is 0 Å². The van der Waals surface area contributed by atoms with Crippen LogP contribution in [0.4, 0.5) is 0 Å². The molecule has 0 aromatic heterocycles. The molecule has 0 unspecified atom stereocenters. The second-order valence-corrected chi connectivity index (χ2v) is 4.62. The van der Waals surface area contributed by atoms with Crippen molar-refractivity contribution in [2.24, 2.45) is 0 Å². The summed E-state index contributed by atoms with van der Waals surface area (Å²) in [7, 11) is 4.51. The van der Waals surface area contributed by atoms with Gasteiger partial charge >= 0.3 is 0 Å². The first-order chi connectivity index (χ1) is 5.75. The normalized spacial score (nSPS) is 20.5. The van der Waals surface area contributed by atoms with Crippen molar-refractivity contribution in [2.75, 3.05) is 40.3 Å². The molecule has 0 radical (unpaired) electrons. The minimum atomic E-state index is 0. The molecular formula is C14H39BN2. The predicted molar refractivity (Wildman–Crippen MR) is 87.8 cm³/mol. The maximum Gasteiger partial charge on any atom is 0.148 e.